The fourth-order valence-electron chi connectivity index (χ4n) is 5.72. The van der Waals surface area contributed by atoms with Gasteiger partial charge in [0.15, 0.2) is 0 Å². The molecule has 1 saturated heterocycles. The fourth-order valence-corrected chi connectivity index (χ4v) is 5.72. The van der Waals surface area contributed by atoms with E-state index in [9.17, 15) is 0 Å². The third-order valence-corrected chi connectivity index (χ3v) is 7.60. The summed E-state index contributed by atoms with van der Waals surface area (Å²) in [4.78, 5) is 2.43. The molecule has 6 heteroatoms. The van der Waals surface area contributed by atoms with Crippen LogP contribution in [0.15, 0.2) is 66.7 Å². The number of ether oxygens (including phenoxy) is 5. The first-order valence-corrected chi connectivity index (χ1v) is 14.1. The van der Waals surface area contributed by atoms with Gasteiger partial charge < -0.3 is 23.7 Å². The molecule has 0 spiro atoms. The van der Waals surface area contributed by atoms with Gasteiger partial charge >= 0.3 is 0 Å². The monoisotopic (exact) mass is 527 g/mol. The predicted octanol–water partition coefficient (Wildman–Crippen LogP) is 5.64. The maximum Gasteiger partial charge on any atom is 0.0701 e. The van der Waals surface area contributed by atoms with Crippen LogP contribution in [0.2, 0.25) is 0 Å². The molecule has 0 N–H and O–H groups in total. The van der Waals surface area contributed by atoms with Crippen molar-refractivity contribution in [1.29, 1.82) is 0 Å². The van der Waals surface area contributed by atoms with E-state index in [2.05, 4.69) is 71.6 Å². The molecule has 0 atom stereocenters. The normalized spacial score (nSPS) is 18.6. The van der Waals surface area contributed by atoms with E-state index in [1.165, 1.54) is 48.7 Å². The van der Waals surface area contributed by atoms with Gasteiger partial charge in [-0.15, -0.1) is 0 Å². The number of rotatable bonds is 2. The minimum absolute atomic E-state index is 0.572. The molecule has 0 saturated carbocycles. The quantitative estimate of drug-likeness (QED) is 0.219. The molecular formula is C33H37NO5. The molecule has 0 aromatic heterocycles. The summed E-state index contributed by atoms with van der Waals surface area (Å²) in [5.41, 5.74) is 1.33. The van der Waals surface area contributed by atoms with Crippen molar-refractivity contribution < 1.29 is 23.7 Å². The summed E-state index contributed by atoms with van der Waals surface area (Å²) in [7, 11) is 0. The van der Waals surface area contributed by atoms with Crippen LogP contribution in [-0.4, -0.2) is 84.1 Å². The molecule has 0 unspecified atom stereocenters. The molecule has 5 aromatic carbocycles. The highest BCUT2D eigenvalue weighted by Gasteiger charge is 2.16. The van der Waals surface area contributed by atoms with Crippen molar-refractivity contribution in [2.24, 2.45) is 0 Å². The Bertz CT molecular complexity index is 1430. The van der Waals surface area contributed by atoms with Crippen molar-refractivity contribution in [2.75, 3.05) is 79.2 Å². The number of fused-ring (bicyclic) bond motifs is 2. The van der Waals surface area contributed by atoms with E-state index in [4.69, 9.17) is 23.7 Å². The van der Waals surface area contributed by atoms with Crippen molar-refractivity contribution in [3.8, 4) is 0 Å². The highest BCUT2D eigenvalue weighted by molar-refractivity contribution is 6.33. The second-order valence-corrected chi connectivity index (χ2v) is 10.0. The van der Waals surface area contributed by atoms with Crippen LogP contribution < -0.4 is 0 Å². The van der Waals surface area contributed by atoms with Crippen LogP contribution in [0, 0.1) is 0 Å². The maximum absolute atomic E-state index is 5.90. The number of hydrogen-bond donors (Lipinski definition) is 0. The number of hydrogen-bond acceptors (Lipinski definition) is 6. The molecule has 6 rings (SSSR count). The van der Waals surface area contributed by atoms with Gasteiger partial charge in [-0.1, -0.05) is 66.7 Å². The summed E-state index contributed by atoms with van der Waals surface area (Å²) in [6, 6.07) is 24.7. The van der Waals surface area contributed by atoms with Crippen LogP contribution in [0.4, 0.5) is 0 Å². The molecule has 1 aliphatic rings. The van der Waals surface area contributed by atoms with Crippen molar-refractivity contribution in [2.45, 2.75) is 6.54 Å². The summed E-state index contributed by atoms with van der Waals surface area (Å²) in [6.45, 7) is 8.40. The van der Waals surface area contributed by atoms with Crippen LogP contribution >= 0.6 is 0 Å². The van der Waals surface area contributed by atoms with Crippen molar-refractivity contribution in [3.05, 3.63) is 72.3 Å². The summed E-state index contributed by atoms with van der Waals surface area (Å²) in [5.74, 6) is 0. The molecule has 0 radical (unpaired) electrons. The van der Waals surface area contributed by atoms with Crippen molar-refractivity contribution in [3.63, 3.8) is 0 Å². The molecule has 1 aliphatic heterocycles. The van der Waals surface area contributed by atoms with Crippen LogP contribution in [0.3, 0.4) is 0 Å². The Morgan fingerprint density at radius 2 is 0.872 bits per heavy atom. The van der Waals surface area contributed by atoms with Gasteiger partial charge in [0.25, 0.3) is 0 Å². The Balaban J connectivity index is 1.25. The zero-order valence-electron chi connectivity index (χ0n) is 22.5. The first-order valence-electron chi connectivity index (χ1n) is 14.1. The molecule has 204 valence electrons. The molecule has 39 heavy (non-hydrogen) atoms. The minimum Gasteiger partial charge on any atom is -0.378 e. The van der Waals surface area contributed by atoms with Crippen LogP contribution in [-0.2, 0) is 30.2 Å². The SMILES string of the molecule is c1cc2cccc3c4ccc(CN5CCOCCOCCOCCOCCOCC5)c5cccc(c(c1)c23)c54. The summed E-state index contributed by atoms with van der Waals surface area (Å²) in [6.07, 6.45) is 0. The van der Waals surface area contributed by atoms with Crippen molar-refractivity contribution in [1.82, 2.24) is 4.90 Å². The molecule has 1 fully saturated rings. The Kier molecular flexibility index (Phi) is 8.80. The van der Waals surface area contributed by atoms with Crippen LogP contribution in [0.1, 0.15) is 5.56 Å². The standard InChI is InChI=1S/C33H37NO5/c1-4-25-5-2-8-29-31-11-10-26(27-6-3-9-30(33(27)31)28(7-1)32(25)29)24-34-12-14-35-16-18-37-20-22-39-23-21-38-19-17-36-15-13-34/h1-11H,12-24H2. The molecule has 1 heterocycles. The van der Waals surface area contributed by atoms with E-state index in [-0.39, 0.29) is 0 Å². The Morgan fingerprint density at radius 1 is 0.436 bits per heavy atom. The molecule has 0 bridgehead atoms. The van der Waals surface area contributed by atoms with E-state index < -0.39 is 0 Å². The Morgan fingerprint density at radius 3 is 1.44 bits per heavy atom. The van der Waals surface area contributed by atoms with Gasteiger partial charge in [-0.2, -0.15) is 0 Å². The Hall–Kier alpha value is -2.84. The average molecular weight is 528 g/mol. The van der Waals surface area contributed by atoms with E-state index in [0.29, 0.717) is 66.1 Å². The van der Waals surface area contributed by atoms with E-state index in [1.54, 1.807) is 0 Å². The fraction of sp³-hybridized carbons (Fsp3) is 0.394. The summed E-state index contributed by atoms with van der Waals surface area (Å²) >= 11 is 0. The predicted molar refractivity (Wildman–Crippen MR) is 157 cm³/mol. The molecule has 0 aliphatic carbocycles. The average Bonchev–Trinajstić information content (AvgIpc) is 2.97. The van der Waals surface area contributed by atoms with Gasteiger partial charge in [0.2, 0.25) is 0 Å². The van der Waals surface area contributed by atoms with Gasteiger partial charge in [0, 0.05) is 19.6 Å². The lowest BCUT2D eigenvalue weighted by molar-refractivity contribution is -0.0189. The third-order valence-electron chi connectivity index (χ3n) is 7.60. The van der Waals surface area contributed by atoms with Gasteiger partial charge in [-0.05, 0) is 48.7 Å². The largest absolute Gasteiger partial charge is 0.378 e. The summed E-state index contributed by atoms with van der Waals surface area (Å²) < 4.78 is 28.5. The topological polar surface area (TPSA) is 49.4 Å². The van der Waals surface area contributed by atoms with Gasteiger partial charge in [-0.25, -0.2) is 0 Å². The lowest BCUT2D eigenvalue weighted by Crippen LogP contribution is -2.31. The second kappa shape index (κ2) is 13.0. The maximum atomic E-state index is 5.90. The lowest BCUT2D eigenvalue weighted by atomic mass is 9.88. The minimum atomic E-state index is 0.572. The van der Waals surface area contributed by atoms with Crippen LogP contribution in [0.25, 0.3) is 43.1 Å². The lowest BCUT2D eigenvalue weighted by Gasteiger charge is -2.24. The van der Waals surface area contributed by atoms with E-state index >= 15 is 0 Å². The van der Waals surface area contributed by atoms with E-state index in [1.807, 2.05) is 0 Å². The highest BCUT2D eigenvalue weighted by Crippen LogP contribution is 2.41. The highest BCUT2D eigenvalue weighted by atomic mass is 16.6. The molecular weight excluding hydrogens is 490 g/mol. The smallest absolute Gasteiger partial charge is 0.0701 e. The zero-order chi connectivity index (χ0) is 26.3. The molecule has 6 nitrogen and oxygen atoms in total. The number of nitrogens with zero attached hydrogens (tertiary/aromatic N) is 1. The first-order chi connectivity index (χ1) is 19.4. The zero-order valence-corrected chi connectivity index (χ0v) is 22.5. The second-order valence-electron chi connectivity index (χ2n) is 10.0. The molecule has 5 aromatic rings. The van der Waals surface area contributed by atoms with Crippen LogP contribution in [0.5, 0.6) is 0 Å². The van der Waals surface area contributed by atoms with Gasteiger partial charge in [0.1, 0.15) is 0 Å². The van der Waals surface area contributed by atoms with Gasteiger partial charge in [0.05, 0.1) is 66.1 Å². The van der Waals surface area contributed by atoms with E-state index in [0.717, 1.165) is 19.6 Å². The van der Waals surface area contributed by atoms with Crippen molar-refractivity contribution >= 4 is 43.1 Å². The van der Waals surface area contributed by atoms with Gasteiger partial charge in [-0.3, -0.25) is 4.90 Å². The third kappa shape index (κ3) is 6.02. The molecule has 0 amide bonds. The Labute approximate surface area is 229 Å². The summed E-state index contributed by atoms with van der Waals surface area (Å²) in [5, 5.41) is 10.6. The number of benzene rings is 5. The first kappa shape index (κ1) is 26.4.